The lowest BCUT2D eigenvalue weighted by molar-refractivity contribution is 0.907. The third-order valence-corrected chi connectivity index (χ3v) is 2.67. The number of hydrogen-bond donors (Lipinski definition) is 0. The van der Waals surface area contributed by atoms with Crippen LogP contribution in [0.2, 0.25) is 0 Å². The van der Waals surface area contributed by atoms with E-state index < -0.39 is 0 Å². The molecule has 2 rings (SSSR count). The number of fused-ring (bicyclic) bond motifs is 1. The number of nitrogens with zero attached hydrogens (tertiary/aromatic N) is 1. The van der Waals surface area contributed by atoms with E-state index >= 15 is 0 Å². The van der Waals surface area contributed by atoms with E-state index in [0.717, 1.165) is 4.60 Å². The molecular formula is C9H10BrN. The quantitative estimate of drug-likeness (QED) is 0.602. The fourth-order valence-corrected chi connectivity index (χ4v) is 2.29. The number of halogens is 1. The van der Waals surface area contributed by atoms with Gasteiger partial charge in [0.1, 0.15) is 4.60 Å². The van der Waals surface area contributed by atoms with Crippen LogP contribution in [0.1, 0.15) is 23.2 Å². The Morgan fingerprint density at radius 1 is 1.45 bits per heavy atom. The molecule has 0 radical (unpaired) electrons. The van der Waals surface area contributed by atoms with Crippen LogP contribution < -0.4 is 0 Å². The van der Waals surface area contributed by atoms with Crippen LogP contribution in [-0.2, 0) is 12.8 Å². The molecule has 0 atom stereocenters. The number of aromatic nitrogens is 1. The lowest BCUT2D eigenvalue weighted by atomic mass is 10.1. The van der Waals surface area contributed by atoms with Crippen molar-refractivity contribution < 1.29 is 0 Å². The molecule has 1 aromatic heterocycles. The van der Waals surface area contributed by atoms with Crippen LogP contribution in [0.25, 0.3) is 0 Å². The molecule has 0 unspecified atom stereocenters. The van der Waals surface area contributed by atoms with Crippen LogP contribution in [0.5, 0.6) is 0 Å². The molecule has 1 aliphatic rings. The fourth-order valence-electron chi connectivity index (χ4n) is 1.74. The van der Waals surface area contributed by atoms with E-state index in [4.69, 9.17) is 0 Å². The highest BCUT2D eigenvalue weighted by Gasteiger charge is 2.13. The second kappa shape index (κ2) is 2.59. The van der Waals surface area contributed by atoms with Crippen molar-refractivity contribution in [1.82, 2.24) is 4.98 Å². The van der Waals surface area contributed by atoms with Gasteiger partial charge in [-0.15, -0.1) is 0 Å². The Balaban J connectivity index is 2.60. The predicted molar refractivity (Wildman–Crippen MR) is 48.7 cm³/mol. The Labute approximate surface area is 75.0 Å². The molecule has 0 N–H and O–H groups in total. The number of aryl methyl sites for hydroxylation is 2. The minimum atomic E-state index is 0.982. The minimum absolute atomic E-state index is 0.982. The molecule has 0 saturated carbocycles. The number of rotatable bonds is 0. The first-order valence-electron chi connectivity index (χ1n) is 3.92. The highest BCUT2D eigenvalue weighted by atomic mass is 79.9. The van der Waals surface area contributed by atoms with E-state index in [2.05, 4.69) is 33.9 Å². The van der Waals surface area contributed by atoms with Gasteiger partial charge < -0.3 is 0 Å². The molecule has 0 aromatic carbocycles. The highest BCUT2D eigenvalue weighted by Crippen LogP contribution is 2.26. The third kappa shape index (κ3) is 1.20. The zero-order chi connectivity index (χ0) is 7.84. The van der Waals surface area contributed by atoms with Gasteiger partial charge in [0.25, 0.3) is 0 Å². The Kier molecular flexibility index (Phi) is 1.72. The van der Waals surface area contributed by atoms with Crippen molar-refractivity contribution in [2.24, 2.45) is 0 Å². The van der Waals surface area contributed by atoms with Crippen LogP contribution >= 0.6 is 15.9 Å². The summed E-state index contributed by atoms with van der Waals surface area (Å²) >= 11 is 3.40. The second-order valence-corrected chi connectivity index (χ2v) is 3.83. The molecule has 58 valence electrons. The lowest BCUT2D eigenvalue weighted by Crippen LogP contribution is -1.91. The van der Waals surface area contributed by atoms with Gasteiger partial charge >= 0.3 is 0 Å². The first-order valence-corrected chi connectivity index (χ1v) is 4.71. The van der Waals surface area contributed by atoms with Crippen molar-refractivity contribution in [3.05, 3.63) is 27.5 Å². The van der Waals surface area contributed by atoms with Crippen molar-refractivity contribution >= 4 is 15.9 Å². The van der Waals surface area contributed by atoms with E-state index in [1.54, 1.807) is 0 Å². The third-order valence-electron chi connectivity index (χ3n) is 2.27. The van der Waals surface area contributed by atoms with E-state index in [9.17, 15) is 0 Å². The van der Waals surface area contributed by atoms with E-state index in [-0.39, 0.29) is 0 Å². The second-order valence-electron chi connectivity index (χ2n) is 3.02. The molecule has 1 heterocycles. The van der Waals surface area contributed by atoms with Crippen LogP contribution in [-0.4, -0.2) is 4.98 Å². The summed E-state index contributed by atoms with van der Waals surface area (Å²) in [6.45, 7) is 2.09. The monoisotopic (exact) mass is 211 g/mol. The molecule has 1 aliphatic carbocycles. The maximum absolute atomic E-state index is 4.36. The van der Waals surface area contributed by atoms with Crippen LogP contribution in [0, 0.1) is 6.92 Å². The summed E-state index contributed by atoms with van der Waals surface area (Å²) in [5.74, 6) is 0. The largest absolute Gasteiger partial charge is 0.246 e. The topological polar surface area (TPSA) is 12.9 Å². The normalized spacial score (nSPS) is 15.1. The predicted octanol–water partition coefficient (Wildman–Crippen LogP) is 2.64. The Bertz CT molecular complexity index is 294. The summed E-state index contributed by atoms with van der Waals surface area (Å²) in [7, 11) is 0. The van der Waals surface area contributed by atoms with Crippen molar-refractivity contribution in [3.63, 3.8) is 0 Å². The van der Waals surface area contributed by atoms with Crippen LogP contribution in [0.15, 0.2) is 10.7 Å². The average molecular weight is 212 g/mol. The van der Waals surface area contributed by atoms with Gasteiger partial charge in [0, 0.05) is 5.69 Å². The first kappa shape index (κ1) is 7.29. The van der Waals surface area contributed by atoms with Gasteiger partial charge in [0.15, 0.2) is 0 Å². The van der Waals surface area contributed by atoms with Gasteiger partial charge in [-0.3, -0.25) is 0 Å². The van der Waals surface area contributed by atoms with E-state index in [1.165, 1.54) is 36.1 Å². The van der Waals surface area contributed by atoms with Crippen LogP contribution in [0.3, 0.4) is 0 Å². The highest BCUT2D eigenvalue weighted by molar-refractivity contribution is 9.10. The molecule has 0 fully saturated rings. The minimum Gasteiger partial charge on any atom is -0.246 e. The van der Waals surface area contributed by atoms with Crippen molar-refractivity contribution in [2.75, 3.05) is 0 Å². The summed E-state index contributed by atoms with van der Waals surface area (Å²) in [6.07, 6.45) is 3.76. The summed E-state index contributed by atoms with van der Waals surface area (Å²) in [6, 6.07) is 2.15. The molecule has 1 nitrogen and oxygen atoms in total. The number of hydrogen-bond acceptors (Lipinski definition) is 1. The van der Waals surface area contributed by atoms with Gasteiger partial charge in [-0.25, -0.2) is 4.98 Å². The Morgan fingerprint density at radius 3 is 3.09 bits per heavy atom. The van der Waals surface area contributed by atoms with Gasteiger partial charge in [0.2, 0.25) is 0 Å². The van der Waals surface area contributed by atoms with Crippen LogP contribution in [0.4, 0.5) is 0 Å². The SMILES string of the molecule is Cc1nc(Br)cc2c1CCC2. The molecule has 0 spiro atoms. The zero-order valence-electron chi connectivity index (χ0n) is 6.52. The number of pyridine rings is 1. The molecule has 0 amide bonds. The summed E-state index contributed by atoms with van der Waals surface area (Å²) in [5.41, 5.74) is 4.17. The standard InChI is InChI=1S/C9H10BrN/c1-6-8-4-2-3-7(8)5-9(10)11-6/h5H,2-4H2,1H3. The molecule has 1 aromatic rings. The average Bonchev–Trinajstić information content (AvgIpc) is 2.34. The van der Waals surface area contributed by atoms with Crippen molar-refractivity contribution in [2.45, 2.75) is 26.2 Å². The lowest BCUT2D eigenvalue weighted by Gasteiger charge is -2.02. The first-order chi connectivity index (χ1) is 5.27. The summed E-state index contributed by atoms with van der Waals surface area (Å²) < 4.78 is 0.982. The maximum atomic E-state index is 4.36. The van der Waals surface area contributed by atoms with Gasteiger partial charge in [0.05, 0.1) is 0 Å². The van der Waals surface area contributed by atoms with Gasteiger partial charge in [-0.1, -0.05) is 0 Å². The van der Waals surface area contributed by atoms with Crippen molar-refractivity contribution in [1.29, 1.82) is 0 Å². The molecule has 0 saturated heterocycles. The molecule has 0 aliphatic heterocycles. The molecule has 11 heavy (non-hydrogen) atoms. The fraction of sp³-hybridized carbons (Fsp3) is 0.444. The summed E-state index contributed by atoms with van der Waals surface area (Å²) in [4.78, 5) is 4.36. The zero-order valence-corrected chi connectivity index (χ0v) is 8.11. The van der Waals surface area contributed by atoms with Crippen molar-refractivity contribution in [3.8, 4) is 0 Å². The smallest absolute Gasteiger partial charge is 0.106 e. The van der Waals surface area contributed by atoms with Gasteiger partial charge in [-0.2, -0.15) is 0 Å². The van der Waals surface area contributed by atoms with E-state index in [0.29, 0.717) is 0 Å². The Morgan fingerprint density at radius 2 is 2.27 bits per heavy atom. The summed E-state index contributed by atoms with van der Waals surface area (Å²) in [5, 5.41) is 0. The molecule has 2 heteroatoms. The Hall–Kier alpha value is -0.370. The van der Waals surface area contributed by atoms with Gasteiger partial charge in [-0.05, 0) is 59.3 Å². The molecular weight excluding hydrogens is 202 g/mol. The van der Waals surface area contributed by atoms with E-state index in [1.807, 2.05) is 0 Å². The maximum Gasteiger partial charge on any atom is 0.106 e. The molecule has 0 bridgehead atoms.